The Labute approximate surface area is 252 Å². The van der Waals surface area contributed by atoms with Crippen LogP contribution in [-0.2, 0) is 41.3 Å². The van der Waals surface area contributed by atoms with E-state index >= 15 is 0 Å². The van der Waals surface area contributed by atoms with E-state index in [1.54, 1.807) is 18.3 Å². The van der Waals surface area contributed by atoms with E-state index < -0.39 is 10.0 Å². The third-order valence-corrected chi connectivity index (χ3v) is 10.3. The standard InChI is InChI=1S/C33H35ClN4O3S/c1-3-22-7-15-27(16-8-22)42(40,41)36-31-6-4-5-23-11-14-26(19-29(23)31)38(21-32-35-17-18-37(32)2)33(39)30-20-28(30)24-9-12-25(34)13-10-24/h7-19,28,30-31,36H,3-6,20-21H2,1-2H3/t28-,30+,31-/m0/s1. The van der Waals surface area contributed by atoms with Crippen LogP contribution in [0.3, 0.4) is 0 Å². The van der Waals surface area contributed by atoms with Gasteiger partial charge < -0.3 is 9.47 Å². The minimum atomic E-state index is -3.72. The molecular weight excluding hydrogens is 568 g/mol. The molecule has 6 rings (SSSR count). The number of hydrogen-bond donors (Lipinski definition) is 1. The molecule has 1 N–H and O–H groups in total. The molecule has 1 heterocycles. The average Bonchev–Trinajstić information content (AvgIpc) is 3.70. The van der Waals surface area contributed by atoms with Crippen LogP contribution in [0.25, 0.3) is 0 Å². The Hall–Kier alpha value is -3.46. The maximum Gasteiger partial charge on any atom is 0.241 e. The zero-order chi connectivity index (χ0) is 29.4. The SMILES string of the molecule is CCc1ccc(S(=O)(=O)N[C@H]2CCCc3ccc(N(Cc4nccn4C)C(=O)[C@@H]4C[C@H]4c4ccc(Cl)cc4)cc32)cc1. The van der Waals surface area contributed by atoms with Crippen LogP contribution in [0.4, 0.5) is 5.69 Å². The zero-order valence-electron chi connectivity index (χ0n) is 23.8. The first-order valence-electron chi connectivity index (χ1n) is 14.5. The Morgan fingerprint density at radius 2 is 1.86 bits per heavy atom. The van der Waals surface area contributed by atoms with Crippen molar-refractivity contribution < 1.29 is 13.2 Å². The van der Waals surface area contributed by atoms with Gasteiger partial charge in [0, 0.05) is 42.1 Å². The Balaban J connectivity index is 1.30. The molecule has 1 saturated carbocycles. The normalized spacial score (nSPS) is 19.7. The summed E-state index contributed by atoms with van der Waals surface area (Å²) in [4.78, 5) is 20.6. The summed E-state index contributed by atoms with van der Waals surface area (Å²) in [7, 11) is -1.80. The molecule has 0 spiro atoms. The van der Waals surface area contributed by atoms with Crippen LogP contribution in [0.1, 0.15) is 66.2 Å². The first-order chi connectivity index (χ1) is 20.2. The van der Waals surface area contributed by atoms with Crippen LogP contribution in [0, 0.1) is 5.92 Å². The topological polar surface area (TPSA) is 84.3 Å². The highest BCUT2D eigenvalue weighted by Crippen LogP contribution is 2.49. The summed E-state index contributed by atoms with van der Waals surface area (Å²) in [6.45, 7) is 2.37. The van der Waals surface area contributed by atoms with E-state index in [0.29, 0.717) is 18.0 Å². The molecule has 3 aromatic carbocycles. The second-order valence-electron chi connectivity index (χ2n) is 11.3. The largest absolute Gasteiger partial charge is 0.337 e. The van der Waals surface area contributed by atoms with Crippen molar-refractivity contribution in [2.24, 2.45) is 13.0 Å². The number of amides is 1. The third kappa shape index (κ3) is 5.89. The summed E-state index contributed by atoms with van der Waals surface area (Å²) in [6, 6.07) is 20.4. The van der Waals surface area contributed by atoms with Crippen LogP contribution < -0.4 is 9.62 Å². The molecule has 1 fully saturated rings. The smallest absolute Gasteiger partial charge is 0.241 e. The fourth-order valence-corrected chi connectivity index (χ4v) is 7.35. The van der Waals surface area contributed by atoms with E-state index in [-0.39, 0.29) is 28.7 Å². The van der Waals surface area contributed by atoms with Gasteiger partial charge in [0.2, 0.25) is 15.9 Å². The lowest BCUT2D eigenvalue weighted by molar-refractivity contribution is -0.120. The van der Waals surface area contributed by atoms with Gasteiger partial charge in [0.1, 0.15) is 5.82 Å². The molecule has 42 heavy (non-hydrogen) atoms. The van der Waals surface area contributed by atoms with Crippen molar-refractivity contribution in [3.63, 3.8) is 0 Å². The number of hydrogen-bond acceptors (Lipinski definition) is 4. The molecule has 0 aliphatic heterocycles. The van der Waals surface area contributed by atoms with E-state index in [9.17, 15) is 13.2 Å². The third-order valence-electron chi connectivity index (χ3n) is 8.59. The average molecular weight is 603 g/mol. The van der Waals surface area contributed by atoms with E-state index in [4.69, 9.17) is 11.6 Å². The number of nitrogens with one attached hydrogen (secondary N) is 1. The van der Waals surface area contributed by atoms with Gasteiger partial charge >= 0.3 is 0 Å². The molecule has 2 aliphatic carbocycles. The molecule has 3 atom stereocenters. The molecule has 1 amide bonds. The van der Waals surface area contributed by atoms with E-state index in [1.807, 2.05) is 84.2 Å². The van der Waals surface area contributed by atoms with Crippen LogP contribution in [0.15, 0.2) is 84.0 Å². The van der Waals surface area contributed by atoms with E-state index in [2.05, 4.69) is 9.71 Å². The van der Waals surface area contributed by atoms with E-state index in [0.717, 1.165) is 59.4 Å². The molecule has 0 unspecified atom stereocenters. The molecule has 218 valence electrons. The molecule has 9 heteroatoms. The van der Waals surface area contributed by atoms with Gasteiger partial charge in [0.05, 0.1) is 11.4 Å². The predicted octanol–water partition coefficient (Wildman–Crippen LogP) is 6.33. The summed E-state index contributed by atoms with van der Waals surface area (Å²) < 4.78 is 31.6. The van der Waals surface area contributed by atoms with Gasteiger partial charge in [-0.3, -0.25) is 4.79 Å². The lowest BCUT2D eigenvalue weighted by Gasteiger charge is -2.29. The highest BCUT2D eigenvalue weighted by Gasteiger charge is 2.46. The number of fused-ring (bicyclic) bond motifs is 1. The molecule has 7 nitrogen and oxygen atoms in total. The summed E-state index contributed by atoms with van der Waals surface area (Å²) >= 11 is 6.09. The lowest BCUT2D eigenvalue weighted by atomic mass is 9.87. The Morgan fingerprint density at radius 3 is 2.55 bits per heavy atom. The lowest BCUT2D eigenvalue weighted by Crippen LogP contribution is -2.34. The number of benzene rings is 3. The molecule has 2 aliphatic rings. The quantitative estimate of drug-likeness (QED) is 0.243. The first-order valence-corrected chi connectivity index (χ1v) is 16.4. The van der Waals surface area contributed by atoms with Gasteiger partial charge in [0.25, 0.3) is 0 Å². The molecule has 0 radical (unpaired) electrons. The van der Waals surface area contributed by atoms with Crippen molar-refractivity contribution in [3.05, 3.63) is 112 Å². The number of imidazole rings is 1. The molecule has 1 aromatic heterocycles. The van der Waals surface area contributed by atoms with Gasteiger partial charge in [-0.05, 0) is 96.7 Å². The Morgan fingerprint density at radius 1 is 1.10 bits per heavy atom. The molecular formula is C33H35ClN4O3S. The fraction of sp³-hybridized carbons (Fsp3) is 0.333. The number of nitrogens with zero attached hydrogens (tertiary/aromatic N) is 3. The first kappa shape index (κ1) is 28.6. The number of halogens is 1. The number of rotatable bonds is 9. The maximum atomic E-state index is 14.1. The van der Waals surface area contributed by atoms with Crippen molar-refractivity contribution >= 4 is 33.2 Å². The molecule has 0 bridgehead atoms. The molecule has 0 saturated heterocycles. The minimum Gasteiger partial charge on any atom is -0.337 e. The van der Waals surface area contributed by atoms with Gasteiger partial charge in [-0.25, -0.2) is 18.1 Å². The number of aromatic nitrogens is 2. The Kier molecular flexibility index (Phi) is 7.96. The van der Waals surface area contributed by atoms with Gasteiger partial charge in [-0.2, -0.15) is 0 Å². The fourth-order valence-electron chi connectivity index (χ4n) is 5.97. The number of carbonyl (C=O) groups excluding carboxylic acids is 1. The van der Waals surface area contributed by atoms with Gasteiger partial charge in [-0.15, -0.1) is 0 Å². The minimum absolute atomic E-state index is 0.0434. The second kappa shape index (κ2) is 11.7. The monoisotopic (exact) mass is 602 g/mol. The summed E-state index contributed by atoms with van der Waals surface area (Å²) in [5.41, 5.74) is 4.99. The van der Waals surface area contributed by atoms with Crippen LogP contribution >= 0.6 is 11.6 Å². The van der Waals surface area contributed by atoms with E-state index in [1.165, 1.54) is 0 Å². The van der Waals surface area contributed by atoms with Crippen molar-refractivity contribution in [2.75, 3.05) is 4.90 Å². The predicted molar refractivity (Wildman–Crippen MR) is 165 cm³/mol. The van der Waals surface area contributed by atoms with Crippen LogP contribution in [-0.4, -0.2) is 23.9 Å². The summed E-state index contributed by atoms with van der Waals surface area (Å²) in [5.74, 6) is 0.831. The number of anilines is 1. The van der Waals surface area contributed by atoms with Crippen molar-refractivity contribution in [1.29, 1.82) is 0 Å². The maximum absolute atomic E-state index is 14.1. The van der Waals surface area contributed by atoms with Crippen molar-refractivity contribution in [2.45, 2.75) is 62.4 Å². The van der Waals surface area contributed by atoms with Crippen molar-refractivity contribution in [1.82, 2.24) is 14.3 Å². The molecule has 4 aromatic rings. The highest BCUT2D eigenvalue weighted by molar-refractivity contribution is 7.89. The Bertz CT molecular complexity index is 1700. The van der Waals surface area contributed by atoms with Crippen molar-refractivity contribution in [3.8, 4) is 0 Å². The van der Waals surface area contributed by atoms with Crippen LogP contribution in [0.5, 0.6) is 0 Å². The number of aryl methyl sites for hydroxylation is 3. The summed E-state index contributed by atoms with van der Waals surface area (Å²) in [5, 5.41) is 0.677. The van der Waals surface area contributed by atoms with Gasteiger partial charge in [0.15, 0.2) is 0 Å². The van der Waals surface area contributed by atoms with Crippen LogP contribution in [0.2, 0.25) is 5.02 Å². The second-order valence-corrected chi connectivity index (χ2v) is 13.5. The highest BCUT2D eigenvalue weighted by atomic mass is 35.5. The zero-order valence-corrected chi connectivity index (χ0v) is 25.4. The summed E-state index contributed by atoms with van der Waals surface area (Å²) in [6.07, 6.45) is 7.68. The van der Waals surface area contributed by atoms with Gasteiger partial charge in [-0.1, -0.05) is 48.9 Å². The number of carbonyl (C=O) groups is 1. The number of sulfonamides is 1.